The summed E-state index contributed by atoms with van der Waals surface area (Å²) in [6.45, 7) is 0. The van der Waals surface area contributed by atoms with E-state index in [2.05, 4.69) is 156 Å². The van der Waals surface area contributed by atoms with Crippen molar-refractivity contribution in [3.05, 3.63) is 140 Å². The molecule has 2 nitrogen and oxygen atoms in total. The normalized spacial score (nSPS) is 11.4. The first-order chi connectivity index (χ1) is 18.3. The first-order valence-corrected chi connectivity index (χ1v) is 12.7. The van der Waals surface area contributed by atoms with Crippen LogP contribution in [0.15, 0.2) is 140 Å². The van der Waals surface area contributed by atoms with E-state index >= 15 is 0 Å². The highest BCUT2D eigenvalue weighted by atomic mass is 15.1. The Balaban J connectivity index is 1.41. The summed E-state index contributed by atoms with van der Waals surface area (Å²) < 4.78 is 2.39. The maximum absolute atomic E-state index is 2.39. The number of anilines is 2. The summed E-state index contributed by atoms with van der Waals surface area (Å²) in [5, 5.41) is 5.13. The summed E-state index contributed by atoms with van der Waals surface area (Å²) in [6.07, 6.45) is 0. The van der Waals surface area contributed by atoms with Gasteiger partial charge in [0.25, 0.3) is 0 Å². The van der Waals surface area contributed by atoms with Crippen molar-refractivity contribution in [2.45, 2.75) is 0 Å². The van der Waals surface area contributed by atoms with E-state index < -0.39 is 0 Å². The maximum atomic E-state index is 2.39. The second-order valence-corrected chi connectivity index (χ2v) is 9.53. The fraction of sp³-hybridized carbons (Fsp3) is 0.0286. The Hall–Kier alpha value is -4.82. The Kier molecular flexibility index (Phi) is 5.04. The van der Waals surface area contributed by atoms with E-state index in [1.54, 1.807) is 0 Å². The van der Waals surface area contributed by atoms with E-state index in [0.29, 0.717) is 0 Å². The minimum Gasteiger partial charge on any atom is -0.345 e. The lowest BCUT2D eigenvalue weighted by atomic mass is 10.00. The molecule has 0 aliphatic rings. The van der Waals surface area contributed by atoms with Gasteiger partial charge in [-0.1, -0.05) is 84.9 Å². The van der Waals surface area contributed by atoms with Crippen molar-refractivity contribution >= 4 is 44.0 Å². The Morgan fingerprint density at radius 2 is 1.11 bits per heavy atom. The monoisotopic (exact) mass is 474 g/mol. The van der Waals surface area contributed by atoms with Crippen molar-refractivity contribution in [3.8, 4) is 16.8 Å². The number of fused-ring (bicyclic) bond motifs is 5. The topological polar surface area (TPSA) is 8.17 Å². The molecule has 0 amide bonds. The summed E-state index contributed by atoms with van der Waals surface area (Å²) in [5.74, 6) is 0. The number of para-hydroxylation sites is 2. The van der Waals surface area contributed by atoms with Gasteiger partial charge < -0.3 is 9.47 Å². The van der Waals surface area contributed by atoms with Gasteiger partial charge in [-0.15, -0.1) is 0 Å². The molecule has 7 aromatic rings. The zero-order chi connectivity index (χ0) is 24.8. The van der Waals surface area contributed by atoms with Gasteiger partial charge in [-0.3, -0.25) is 0 Å². The van der Waals surface area contributed by atoms with Crippen LogP contribution in [0.1, 0.15) is 0 Å². The Morgan fingerprint density at radius 1 is 0.486 bits per heavy atom. The molecule has 0 N–H and O–H groups in total. The van der Waals surface area contributed by atoms with Crippen LogP contribution in [0.4, 0.5) is 11.4 Å². The number of nitrogens with zero attached hydrogens (tertiary/aromatic N) is 2. The zero-order valence-electron chi connectivity index (χ0n) is 20.7. The van der Waals surface area contributed by atoms with Gasteiger partial charge in [0.15, 0.2) is 0 Å². The van der Waals surface area contributed by atoms with Crippen LogP contribution >= 0.6 is 0 Å². The molecule has 2 heteroatoms. The summed E-state index contributed by atoms with van der Waals surface area (Å²) in [6, 6.07) is 50.1. The highest BCUT2D eigenvalue weighted by Crippen LogP contribution is 2.39. The van der Waals surface area contributed by atoms with E-state index in [9.17, 15) is 0 Å². The van der Waals surface area contributed by atoms with Crippen molar-refractivity contribution in [2.75, 3.05) is 11.9 Å². The van der Waals surface area contributed by atoms with Crippen LogP contribution in [-0.4, -0.2) is 11.6 Å². The first kappa shape index (κ1) is 21.5. The van der Waals surface area contributed by atoms with Crippen LogP contribution in [0, 0.1) is 0 Å². The molecule has 0 radical (unpaired) electrons. The quantitative estimate of drug-likeness (QED) is 0.247. The average molecular weight is 475 g/mol. The van der Waals surface area contributed by atoms with Crippen LogP contribution in [0.3, 0.4) is 0 Å². The molecular weight excluding hydrogens is 448 g/mol. The SMILES string of the molecule is CN(c1ccccc1)c1ccc(-c2ccc3c(c2)c2c4ccccc4ccc2n3-c2ccccc2)cc1. The Bertz CT molecular complexity index is 1860. The standard InChI is InChI=1S/C35H26N2/c1-36(28-11-4-2-5-12-28)29-20-16-25(17-21-29)27-19-22-33-32(24-27)35-31-15-9-8-10-26(31)18-23-34(35)37(33)30-13-6-3-7-14-30/h2-24H,1H3. The molecule has 0 fully saturated rings. The smallest absolute Gasteiger partial charge is 0.0547 e. The molecule has 0 saturated carbocycles. The lowest BCUT2D eigenvalue weighted by molar-refractivity contribution is 1.18. The predicted molar refractivity (Wildman–Crippen MR) is 158 cm³/mol. The maximum Gasteiger partial charge on any atom is 0.0547 e. The summed E-state index contributed by atoms with van der Waals surface area (Å²) in [4.78, 5) is 2.21. The average Bonchev–Trinajstić information content (AvgIpc) is 3.32. The van der Waals surface area contributed by atoms with Crippen molar-refractivity contribution in [1.82, 2.24) is 4.57 Å². The van der Waals surface area contributed by atoms with E-state index in [0.717, 1.165) is 0 Å². The van der Waals surface area contributed by atoms with Crippen LogP contribution in [0.25, 0.3) is 49.4 Å². The molecule has 176 valence electrons. The van der Waals surface area contributed by atoms with Gasteiger partial charge in [-0.2, -0.15) is 0 Å². The van der Waals surface area contributed by atoms with Gasteiger partial charge in [0.1, 0.15) is 0 Å². The third-order valence-electron chi connectivity index (χ3n) is 7.40. The van der Waals surface area contributed by atoms with Crippen molar-refractivity contribution in [3.63, 3.8) is 0 Å². The summed E-state index contributed by atoms with van der Waals surface area (Å²) in [7, 11) is 2.11. The van der Waals surface area contributed by atoms with Crippen molar-refractivity contribution in [1.29, 1.82) is 0 Å². The number of hydrogen-bond donors (Lipinski definition) is 0. The summed E-state index contributed by atoms with van der Waals surface area (Å²) >= 11 is 0. The molecule has 0 atom stereocenters. The fourth-order valence-electron chi connectivity index (χ4n) is 5.50. The van der Waals surface area contributed by atoms with Crippen molar-refractivity contribution in [2.24, 2.45) is 0 Å². The minimum atomic E-state index is 1.17. The van der Waals surface area contributed by atoms with E-state index in [4.69, 9.17) is 0 Å². The van der Waals surface area contributed by atoms with E-state index in [1.165, 1.54) is 60.8 Å². The molecule has 0 bridgehead atoms. The van der Waals surface area contributed by atoms with Gasteiger partial charge in [0.05, 0.1) is 11.0 Å². The fourth-order valence-corrected chi connectivity index (χ4v) is 5.50. The first-order valence-electron chi connectivity index (χ1n) is 12.7. The lowest BCUT2D eigenvalue weighted by Crippen LogP contribution is -2.08. The summed E-state index contributed by atoms with van der Waals surface area (Å²) in [5.41, 5.74) is 8.42. The number of aromatic nitrogens is 1. The zero-order valence-corrected chi connectivity index (χ0v) is 20.7. The van der Waals surface area contributed by atoms with Gasteiger partial charge in [0.2, 0.25) is 0 Å². The molecule has 0 aliphatic heterocycles. The van der Waals surface area contributed by atoms with Gasteiger partial charge >= 0.3 is 0 Å². The molecule has 6 aromatic carbocycles. The number of benzene rings is 6. The molecule has 0 unspecified atom stereocenters. The van der Waals surface area contributed by atoms with Crippen LogP contribution in [0.5, 0.6) is 0 Å². The van der Waals surface area contributed by atoms with E-state index in [-0.39, 0.29) is 0 Å². The molecule has 0 saturated heterocycles. The van der Waals surface area contributed by atoms with Crippen LogP contribution in [0.2, 0.25) is 0 Å². The van der Waals surface area contributed by atoms with Gasteiger partial charge in [0, 0.05) is 34.9 Å². The lowest BCUT2D eigenvalue weighted by Gasteiger charge is -2.19. The van der Waals surface area contributed by atoms with Crippen LogP contribution in [-0.2, 0) is 0 Å². The Labute approximate surface area is 216 Å². The number of rotatable bonds is 4. The van der Waals surface area contributed by atoms with Gasteiger partial charge in [-0.25, -0.2) is 0 Å². The molecule has 0 spiro atoms. The molecule has 1 aromatic heterocycles. The molecular formula is C35H26N2. The third-order valence-corrected chi connectivity index (χ3v) is 7.40. The highest BCUT2D eigenvalue weighted by Gasteiger charge is 2.15. The predicted octanol–water partition coefficient (Wildman–Crippen LogP) is 9.37. The van der Waals surface area contributed by atoms with E-state index in [1.807, 2.05) is 0 Å². The molecule has 7 rings (SSSR count). The molecule has 0 aliphatic carbocycles. The Morgan fingerprint density at radius 3 is 1.89 bits per heavy atom. The van der Waals surface area contributed by atoms with Crippen molar-refractivity contribution < 1.29 is 0 Å². The molecule has 1 heterocycles. The second-order valence-electron chi connectivity index (χ2n) is 9.53. The van der Waals surface area contributed by atoms with Crippen LogP contribution < -0.4 is 4.90 Å². The molecule has 37 heavy (non-hydrogen) atoms. The largest absolute Gasteiger partial charge is 0.345 e. The third kappa shape index (κ3) is 3.57. The highest BCUT2D eigenvalue weighted by molar-refractivity contribution is 6.21. The van der Waals surface area contributed by atoms with Gasteiger partial charge in [-0.05, 0) is 76.5 Å². The minimum absolute atomic E-state index is 1.17. The number of hydrogen-bond acceptors (Lipinski definition) is 1. The second kappa shape index (κ2) is 8.69.